The van der Waals surface area contributed by atoms with Crippen molar-refractivity contribution in [1.82, 2.24) is 0 Å². The number of methoxy groups -OCH3 is 1. The van der Waals surface area contributed by atoms with Gasteiger partial charge in [-0.05, 0) is 37.3 Å². The van der Waals surface area contributed by atoms with Gasteiger partial charge in [0.1, 0.15) is 18.1 Å². The molecule has 0 atom stereocenters. The summed E-state index contributed by atoms with van der Waals surface area (Å²) in [6, 6.07) is 13.6. The maximum absolute atomic E-state index is 6.06. The molecule has 3 nitrogen and oxygen atoms in total. The average molecular weight is 292 g/mol. The van der Waals surface area contributed by atoms with Crippen LogP contribution in [-0.2, 0) is 0 Å². The van der Waals surface area contributed by atoms with Gasteiger partial charge in [-0.3, -0.25) is 0 Å². The van der Waals surface area contributed by atoms with Crippen LogP contribution in [0.4, 0.5) is 5.69 Å². The molecule has 0 radical (unpaired) electrons. The van der Waals surface area contributed by atoms with Crippen LogP contribution in [-0.4, -0.2) is 20.3 Å². The summed E-state index contributed by atoms with van der Waals surface area (Å²) < 4.78 is 10.7. The molecule has 0 aliphatic carbocycles. The molecule has 0 spiro atoms. The molecule has 0 bridgehead atoms. The molecule has 0 amide bonds. The minimum atomic E-state index is 0.590. The average Bonchev–Trinajstić information content (AvgIpc) is 2.46. The van der Waals surface area contributed by atoms with E-state index in [9.17, 15) is 0 Å². The van der Waals surface area contributed by atoms with Crippen LogP contribution < -0.4 is 14.8 Å². The Bertz CT molecular complexity index is 555. The van der Waals surface area contributed by atoms with E-state index in [4.69, 9.17) is 21.1 Å². The normalized spacial score (nSPS) is 10.2. The largest absolute Gasteiger partial charge is 0.495 e. The Balaban J connectivity index is 1.78. The highest BCUT2D eigenvalue weighted by Gasteiger charge is 2.01. The van der Waals surface area contributed by atoms with Crippen molar-refractivity contribution in [3.63, 3.8) is 0 Å². The first-order valence-corrected chi connectivity index (χ1v) is 6.84. The number of rotatable bonds is 6. The lowest BCUT2D eigenvalue weighted by Crippen LogP contribution is -2.11. The molecule has 0 unspecified atom stereocenters. The zero-order valence-corrected chi connectivity index (χ0v) is 12.4. The van der Waals surface area contributed by atoms with Crippen molar-refractivity contribution in [2.24, 2.45) is 0 Å². The van der Waals surface area contributed by atoms with Crippen molar-refractivity contribution in [2.45, 2.75) is 6.92 Å². The topological polar surface area (TPSA) is 30.5 Å². The molecule has 0 aliphatic rings. The number of hydrogen-bond acceptors (Lipinski definition) is 3. The molecule has 106 valence electrons. The highest BCUT2D eigenvalue weighted by atomic mass is 35.5. The highest BCUT2D eigenvalue weighted by molar-refractivity contribution is 6.32. The molecule has 2 aromatic rings. The second-order valence-corrected chi connectivity index (χ2v) is 4.84. The van der Waals surface area contributed by atoms with Gasteiger partial charge in [0.25, 0.3) is 0 Å². The second-order valence-electron chi connectivity index (χ2n) is 4.44. The lowest BCUT2D eigenvalue weighted by Gasteiger charge is -2.10. The third-order valence-electron chi connectivity index (χ3n) is 2.87. The molecule has 20 heavy (non-hydrogen) atoms. The summed E-state index contributed by atoms with van der Waals surface area (Å²) in [5.74, 6) is 1.55. The predicted molar refractivity (Wildman–Crippen MR) is 83.2 cm³/mol. The molecular formula is C16H18ClNO2. The van der Waals surface area contributed by atoms with Crippen molar-refractivity contribution in [2.75, 3.05) is 25.6 Å². The van der Waals surface area contributed by atoms with E-state index < -0.39 is 0 Å². The molecule has 0 fully saturated rings. The molecule has 0 aromatic heterocycles. The SMILES string of the molecule is COc1ccc(NCCOc2ccc(C)cc2)cc1Cl. The van der Waals surface area contributed by atoms with Gasteiger partial charge in [-0.1, -0.05) is 29.3 Å². The van der Waals surface area contributed by atoms with Crippen LogP contribution in [0, 0.1) is 6.92 Å². The van der Waals surface area contributed by atoms with Crippen LogP contribution in [0.3, 0.4) is 0 Å². The molecule has 1 N–H and O–H groups in total. The lowest BCUT2D eigenvalue weighted by molar-refractivity contribution is 0.333. The number of aryl methyl sites for hydroxylation is 1. The van der Waals surface area contributed by atoms with Crippen LogP contribution in [0.25, 0.3) is 0 Å². The van der Waals surface area contributed by atoms with E-state index in [0.717, 1.165) is 11.4 Å². The summed E-state index contributed by atoms with van der Waals surface area (Å²) in [5.41, 5.74) is 2.17. The van der Waals surface area contributed by atoms with Gasteiger partial charge < -0.3 is 14.8 Å². The van der Waals surface area contributed by atoms with Crippen LogP contribution in [0.1, 0.15) is 5.56 Å². The Morgan fingerprint density at radius 3 is 2.50 bits per heavy atom. The molecule has 0 saturated heterocycles. The summed E-state index contributed by atoms with van der Waals surface area (Å²) in [6.45, 7) is 3.35. The molecular weight excluding hydrogens is 274 g/mol. The van der Waals surface area contributed by atoms with Gasteiger partial charge >= 0.3 is 0 Å². The van der Waals surface area contributed by atoms with Gasteiger partial charge in [0.15, 0.2) is 0 Å². The maximum Gasteiger partial charge on any atom is 0.137 e. The fourth-order valence-electron chi connectivity index (χ4n) is 1.78. The molecule has 2 rings (SSSR count). The zero-order chi connectivity index (χ0) is 14.4. The molecule has 0 heterocycles. The maximum atomic E-state index is 6.06. The summed E-state index contributed by atoms with van der Waals surface area (Å²) in [4.78, 5) is 0. The van der Waals surface area contributed by atoms with Crippen molar-refractivity contribution < 1.29 is 9.47 Å². The second kappa shape index (κ2) is 7.06. The van der Waals surface area contributed by atoms with E-state index in [1.54, 1.807) is 7.11 Å². The van der Waals surface area contributed by atoms with Gasteiger partial charge in [-0.15, -0.1) is 0 Å². The summed E-state index contributed by atoms with van der Waals surface area (Å²) in [5, 5.41) is 3.85. The first-order valence-electron chi connectivity index (χ1n) is 6.46. The van der Waals surface area contributed by atoms with Crippen LogP contribution >= 0.6 is 11.6 Å². The van der Waals surface area contributed by atoms with E-state index in [1.165, 1.54) is 5.56 Å². The van der Waals surface area contributed by atoms with E-state index >= 15 is 0 Å². The van der Waals surface area contributed by atoms with Gasteiger partial charge in [-0.25, -0.2) is 0 Å². The number of nitrogens with one attached hydrogen (secondary N) is 1. The third kappa shape index (κ3) is 4.07. The predicted octanol–water partition coefficient (Wildman–Crippen LogP) is 4.15. The smallest absolute Gasteiger partial charge is 0.137 e. The van der Waals surface area contributed by atoms with Gasteiger partial charge in [0.2, 0.25) is 0 Å². The first-order chi connectivity index (χ1) is 9.69. The van der Waals surface area contributed by atoms with Crippen molar-refractivity contribution in [3.05, 3.63) is 53.1 Å². The molecule has 2 aromatic carbocycles. The Kier molecular flexibility index (Phi) is 5.13. The van der Waals surface area contributed by atoms with E-state index in [1.807, 2.05) is 42.5 Å². The van der Waals surface area contributed by atoms with E-state index in [-0.39, 0.29) is 0 Å². The summed E-state index contributed by atoms with van der Waals surface area (Å²) >= 11 is 6.06. The zero-order valence-electron chi connectivity index (χ0n) is 11.7. The molecule has 0 saturated carbocycles. The number of halogens is 1. The van der Waals surface area contributed by atoms with E-state index in [2.05, 4.69) is 12.2 Å². The van der Waals surface area contributed by atoms with E-state index in [0.29, 0.717) is 23.9 Å². The van der Waals surface area contributed by atoms with Gasteiger partial charge in [0.05, 0.1) is 12.1 Å². The van der Waals surface area contributed by atoms with Crippen LogP contribution in [0.2, 0.25) is 5.02 Å². The minimum Gasteiger partial charge on any atom is -0.495 e. The van der Waals surface area contributed by atoms with Crippen molar-refractivity contribution >= 4 is 17.3 Å². The van der Waals surface area contributed by atoms with Crippen LogP contribution in [0.15, 0.2) is 42.5 Å². The standard InChI is InChI=1S/C16H18ClNO2/c1-12-3-6-14(7-4-12)20-10-9-18-13-5-8-16(19-2)15(17)11-13/h3-8,11,18H,9-10H2,1-2H3. The fraction of sp³-hybridized carbons (Fsp3) is 0.250. The molecule has 4 heteroatoms. The van der Waals surface area contributed by atoms with Gasteiger partial charge in [0, 0.05) is 12.2 Å². The summed E-state index contributed by atoms with van der Waals surface area (Å²) in [6.07, 6.45) is 0. The van der Waals surface area contributed by atoms with Crippen LogP contribution in [0.5, 0.6) is 11.5 Å². The van der Waals surface area contributed by atoms with Crippen molar-refractivity contribution in [1.29, 1.82) is 0 Å². The number of hydrogen-bond donors (Lipinski definition) is 1. The summed E-state index contributed by atoms with van der Waals surface area (Å²) in [7, 11) is 1.60. The minimum absolute atomic E-state index is 0.590. The van der Waals surface area contributed by atoms with Gasteiger partial charge in [-0.2, -0.15) is 0 Å². The number of ether oxygens (including phenoxy) is 2. The fourth-order valence-corrected chi connectivity index (χ4v) is 2.03. The Morgan fingerprint density at radius 2 is 1.85 bits per heavy atom. The number of anilines is 1. The monoisotopic (exact) mass is 291 g/mol. The molecule has 0 aliphatic heterocycles. The number of benzene rings is 2. The Morgan fingerprint density at radius 1 is 1.10 bits per heavy atom. The first kappa shape index (κ1) is 14.5. The Hall–Kier alpha value is -1.87. The quantitative estimate of drug-likeness (QED) is 0.811. The lowest BCUT2D eigenvalue weighted by atomic mass is 10.2. The Labute approximate surface area is 124 Å². The third-order valence-corrected chi connectivity index (χ3v) is 3.17. The van der Waals surface area contributed by atoms with Crippen molar-refractivity contribution in [3.8, 4) is 11.5 Å². The highest BCUT2D eigenvalue weighted by Crippen LogP contribution is 2.27.